The lowest BCUT2D eigenvalue weighted by atomic mass is 9.89. The third-order valence-electron chi connectivity index (χ3n) is 17.5. The molecular weight excluding hydrogens is 1230 g/mol. The number of nitrogens with two attached hydrogens (primary N) is 1. The van der Waals surface area contributed by atoms with Gasteiger partial charge in [-0.25, -0.2) is 14.4 Å². The van der Waals surface area contributed by atoms with Gasteiger partial charge in [0.15, 0.2) is 0 Å². The molecule has 528 valence electrons. The molecule has 0 bridgehead atoms. The molecule has 4 rings (SSSR count). The Morgan fingerprint density at radius 1 is 0.716 bits per heavy atom. The van der Waals surface area contributed by atoms with Crippen molar-refractivity contribution >= 4 is 76.9 Å². The molecule has 0 saturated carbocycles. The highest BCUT2D eigenvalue weighted by Gasteiger charge is 2.44. The molecule has 0 radical (unpaired) electrons. The first kappa shape index (κ1) is 79.2. The SMILES string of the molecule is CC[C@H](C)[C@@H]([C@@H](CC(=O)N1CCC[C@H]1[C@H](OC)[C@@H](C)C(=O)N[C@H](C)[C@@H](O)c1ccccc1)OC)N(C)C(=O)[C@@H](NC(=O)[C@H](C(C)C)N(C)C(=O)OCc1ccc(NC(=O)[C@H](CCCNC(N)=O)NC(=O)[C@@H](NC(=O)CCCC(=O)ON2C(=O)CCC2=O)C(C)C)cc1)C(C)C. The summed E-state index contributed by atoms with van der Waals surface area (Å²) in [7, 11) is 6.04. The number of carbonyl (C=O) groups is 12. The molecule has 28 nitrogen and oxygen atoms in total. The number of aliphatic hydroxyl groups is 1. The van der Waals surface area contributed by atoms with Gasteiger partial charge in [-0.1, -0.05) is 111 Å². The van der Waals surface area contributed by atoms with Crippen LogP contribution in [-0.2, 0) is 73.6 Å². The number of primary amides is 1. The topological polar surface area (TPSA) is 373 Å². The van der Waals surface area contributed by atoms with Gasteiger partial charge in [-0.3, -0.25) is 48.1 Å². The number of amides is 12. The largest absolute Gasteiger partial charge is 0.445 e. The van der Waals surface area contributed by atoms with Crippen molar-refractivity contribution in [1.29, 1.82) is 0 Å². The lowest BCUT2D eigenvalue weighted by molar-refractivity contribution is -0.197. The Labute approximate surface area is 557 Å². The summed E-state index contributed by atoms with van der Waals surface area (Å²) in [5, 5.41) is 27.8. The first-order chi connectivity index (χ1) is 44.9. The van der Waals surface area contributed by atoms with Gasteiger partial charge < -0.3 is 71.6 Å². The van der Waals surface area contributed by atoms with E-state index in [0.29, 0.717) is 47.7 Å². The van der Waals surface area contributed by atoms with Crippen LogP contribution < -0.4 is 37.6 Å². The van der Waals surface area contributed by atoms with Crippen LogP contribution >= 0.6 is 0 Å². The van der Waals surface area contributed by atoms with Gasteiger partial charge in [0, 0.05) is 72.8 Å². The summed E-state index contributed by atoms with van der Waals surface area (Å²) in [5.41, 5.74) is 6.69. The van der Waals surface area contributed by atoms with Crippen molar-refractivity contribution in [1.82, 2.24) is 46.3 Å². The number of aliphatic hydroxyl groups excluding tert-OH is 1. The average molecular weight is 1330 g/mol. The molecule has 2 aromatic carbocycles. The number of carbonyl (C=O) groups excluding carboxylic acids is 12. The number of urea groups is 1. The molecule has 0 spiro atoms. The Kier molecular flexibility index (Phi) is 32.0. The number of nitrogens with one attached hydrogen (secondary N) is 6. The van der Waals surface area contributed by atoms with Crippen LogP contribution in [0.5, 0.6) is 0 Å². The second-order valence-electron chi connectivity index (χ2n) is 25.7. The van der Waals surface area contributed by atoms with Gasteiger partial charge in [-0.15, -0.1) is 5.06 Å². The van der Waals surface area contributed by atoms with Crippen LogP contribution in [0.15, 0.2) is 54.6 Å². The Balaban J connectivity index is 1.38. The van der Waals surface area contributed by atoms with E-state index in [9.17, 15) is 62.6 Å². The number of anilines is 1. The fraction of sp³-hybridized carbons (Fsp3) is 0.642. The minimum absolute atomic E-state index is 0.0225. The number of imide groups is 1. The first-order valence-corrected chi connectivity index (χ1v) is 32.8. The summed E-state index contributed by atoms with van der Waals surface area (Å²) in [6, 6.07) is 8.36. The van der Waals surface area contributed by atoms with E-state index < -0.39 is 144 Å². The number of hydroxylamine groups is 2. The number of benzene rings is 2. The highest BCUT2D eigenvalue weighted by atomic mass is 16.7. The van der Waals surface area contributed by atoms with E-state index in [1.165, 1.54) is 26.2 Å². The maximum atomic E-state index is 14.8. The number of nitrogens with zero attached hydrogens (tertiary/aromatic N) is 4. The van der Waals surface area contributed by atoms with Gasteiger partial charge in [-0.05, 0) is 86.0 Å². The van der Waals surface area contributed by atoms with Crippen molar-refractivity contribution in [3.8, 4) is 0 Å². The Morgan fingerprint density at radius 3 is 1.92 bits per heavy atom. The lowest BCUT2D eigenvalue weighted by Crippen LogP contribution is -2.60. The number of likely N-dealkylation sites (N-methyl/N-ethyl adjacent to an activating group) is 2. The summed E-state index contributed by atoms with van der Waals surface area (Å²) >= 11 is 0. The normalized spacial score (nSPS) is 17.4. The van der Waals surface area contributed by atoms with E-state index in [4.69, 9.17) is 24.8 Å². The second-order valence-corrected chi connectivity index (χ2v) is 25.7. The highest BCUT2D eigenvalue weighted by Crippen LogP contribution is 2.31. The van der Waals surface area contributed by atoms with Crippen molar-refractivity contribution in [3.63, 3.8) is 0 Å². The van der Waals surface area contributed by atoms with Gasteiger partial charge in [0.25, 0.3) is 11.8 Å². The predicted molar refractivity (Wildman–Crippen MR) is 350 cm³/mol. The van der Waals surface area contributed by atoms with Gasteiger partial charge in [0.05, 0.1) is 48.8 Å². The summed E-state index contributed by atoms with van der Waals surface area (Å²) in [4.78, 5) is 168. The molecule has 2 aromatic rings. The summed E-state index contributed by atoms with van der Waals surface area (Å²) < 4.78 is 17.7. The van der Waals surface area contributed by atoms with Crippen molar-refractivity contribution in [3.05, 3.63) is 65.7 Å². The van der Waals surface area contributed by atoms with Crippen molar-refractivity contribution in [2.45, 2.75) is 207 Å². The Morgan fingerprint density at radius 2 is 1.35 bits per heavy atom. The molecule has 12 atom stereocenters. The molecule has 0 unspecified atom stereocenters. The molecule has 2 fully saturated rings. The zero-order valence-electron chi connectivity index (χ0n) is 57.6. The molecule has 95 heavy (non-hydrogen) atoms. The highest BCUT2D eigenvalue weighted by molar-refractivity contribution is 6.02. The summed E-state index contributed by atoms with van der Waals surface area (Å²) in [5.74, 6) is -7.93. The smallest absolute Gasteiger partial charge is 0.410 e. The monoisotopic (exact) mass is 1330 g/mol. The second kappa shape index (κ2) is 38.3. The average Bonchev–Trinajstić information content (AvgIpc) is 1.80. The van der Waals surface area contributed by atoms with E-state index in [0.717, 1.165) is 4.90 Å². The molecule has 28 heteroatoms. The maximum absolute atomic E-state index is 14.8. The van der Waals surface area contributed by atoms with Gasteiger partial charge in [0.2, 0.25) is 41.4 Å². The standard InChI is InChI=1S/C67H103N11O17/c1-15-41(8)58(49(92-13)36-53(82)77-35-21-25-48(77)60(93-14)42(9)61(85)70-43(10)59(84)45-22-17-16-18-23-45)75(11)65(89)56(39(4)5)74-64(88)57(40(6)7)76(12)67(91)94-37-44-28-30-46(31-29-44)71-62(86)47(24-20-34-69-66(68)90)72-63(87)55(38(2)3)73-50(79)26-19-27-54(83)95-78-51(80)32-33-52(78)81/h16-18,22-23,28-31,38-43,47-49,55-60,84H,15,19-21,24-27,32-37H2,1-14H3,(H,70,85)(H,71,86)(H,72,87)(H,73,79)(H,74,88)(H3,68,69,90)/t41-,42+,43+,47-,48-,49+,55-,56-,57-,58-,59+,60+/m0/s1. The molecular formula is C67H103N11O17. The van der Waals surface area contributed by atoms with Crippen LogP contribution in [0.3, 0.4) is 0 Å². The third kappa shape index (κ3) is 23.3. The van der Waals surface area contributed by atoms with Crippen molar-refractivity contribution < 1.29 is 81.7 Å². The number of rotatable bonds is 37. The van der Waals surface area contributed by atoms with E-state index in [1.54, 1.807) is 104 Å². The zero-order chi connectivity index (χ0) is 71.0. The predicted octanol–water partition coefficient (Wildman–Crippen LogP) is 4.37. The van der Waals surface area contributed by atoms with Gasteiger partial charge in [0.1, 0.15) is 30.8 Å². The summed E-state index contributed by atoms with van der Waals surface area (Å²) in [6.07, 6.45) is -1.90. The van der Waals surface area contributed by atoms with E-state index in [1.807, 2.05) is 32.0 Å². The molecule has 0 aliphatic carbocycles. The van der Waals surface area contributed by atoms with Crippen molar-refractivity contribution in [2.24, 2.45) is 35.3 Å². The third-order valence-corrected chi connectivity index (χ3v) is 17.5. The van der Waals surface area contributed by atoms with Crippen LogP contribution in [0.1, 0.15) is 157 Å². The van der Waals surface area contributed by atoms with Crippen molar-refractivity contribution in [2.75, 3.05) is 46.7 Å². The summed E-state index contributed by atoms with van der Waals surface area (Å²) in [6.45, 7) is 18.1. The van der Waals surface area contributed by atoms with Crippen LogP contribution in [0.2, 0.25) is 0 Å². The number of hydrogen-bond donors (Lipinski definition) is 8. The molecule has 2 saturated heterocycles. The van der Waals surface area contributed by atoms with Gasteiger partial charge in [-0.2, -0.15) is 0 Å². The first-order valence-electron chi connectivity index (χ1n) is 32.8. The van der Waals surface area contributed by atoms with E-state index >= 15 is 0 Å². The molecule has 9 N–H and O–H groups in total. The molecule has 2 heterocycles. The van der Waals surface area contributed by atoms with E-state index in [2.05, 4.69) is 31.9 Å². The van der Waals surface area contributed by atoms with Crippen LogP contribution in [-0.4, -0.2) is 192 Å². The van der Waals surface area contributed by atoms with Crippen LogP contribution in [0.25, 0.3) is 0 Å². The fourth-order valence-electron chi connectivity index (χ4n) is 11.9. The Bertz CT molecular complexity index is 2920. The molecule has 2 aliphatic rings. The van der Waals surface area contributed by atoms with E-state index in [-0.39, 0.29) is 82.3 Å². The maximum Gasteiger partial charge on any atom is 0.410 e. The minimum Gasteiger partial charge on any atom is -0.445 e. The minimum atomic E-state index is -1.17. The van der Waals surface area contributed by atoms with Crippen LogP contribution in [0, 0.1) is 29.6 Å². The number of hydrogen-bond acceptors (Lipinski definition) is 17. The Hall–Kier alpha value is -8.24. The lowest BCUT2D eigenvalue weighted by Gasteiger charge is -2.41. The zero-order valence-corrected chi connectivity index (χ0v) is 57.6. The van der Waals surface area contributed by atoms with Crippen LogP contribution in [0.4, 0.5) is 15.3 Å². The molecule has 12 amide bonds. The number of methoxy groups -OCH3 is 2. The quantitative estimate of drug-likeness (QED) is 0.0344. The molecule has 2 aliphatic heterocycles. The van der Waals surface area contributed by atoms with Gasteiger partial charge >= 0.3 is 18.1 Å². The fourth-order valence-corrected chi connectivity index (χ4v) is 11.9. The molecule has 0 aromatic heterocycles. The number of likely N-dealkylation sites (tertiary alicyclic amines) is 1. The number of ether oxygens (including phenoxy) is 3.